The van der Waals surface area contributed by atoms with E-state index in [1.165, 1.54) is 0 Å². The SMILES string of the molecule is CC(C)COC(=O)CCNC(=O)N[C@H]1CCN(c2ccc(C(N)=NOC(=O)NCCN(C)C)cc2)C1=O. The highest BCUT2D eigenvalue weighted by atomic mass is 16.7. The van der Waals surface area contributed by atoms with E-state index in [-0.39, 0.29) is 36.6 Å². The highest BCUT2D eigenvalue weighted by Gasteiger charge is 2.33. The molecular weight excluding hydrogens is 482 g/mol. The van der Waals surface area contributed by atoms with Crippen LogP contribution in [0, 0.1) is 5.92 Å². The summed E-state index contributed by atoms with van der Waals surface area (Å²) < 4.78 is 5.05. The normalized spacial score (nSPS) is 15.6. The summed E-state index contributed by atoms with van der Waals surface area (Å²) in [6, 6.07) is 5.48. The lowest BCUT2D eigenvalue weighted by Crippen LogP contribution is -2.46. The molecule has 0 saturated carbocycles. The van der Waals surface area contributed by atoms with Crippen LogP contribution in [0.25, 0.3) is 0 Å². The van der Waals surface area contributed by atoms with Gasteiger partial charge in [0, 0.05) is 37.4 Å². The molecule has 1 saturated heterocycles. The summed E-state index contributed by atoms with van der Waals surface area (Å²) in [5.74, 6) is -0.394. The number of hydrogen-bond donors (Lipinski definition) is 4. The molecule has 1 aromatic carbocycles. The molecule has 204 valence electrons. The lowest BCUT2D eigenvalue weighted by molar-refractivity contribution is -0.144. The topological polar surface area (TPSA) is 168 Å². The first-order valence-corrected chi connectivity index (χ1v) is 12.1. The Hall–Kier alpha value is -3.87. The van der Waals surface area contributed by atoms with E-state index < -0.39 is 18.2 Å². The van der Waals surface area contributed by atoms with Gasteiger partial charge in [-0.3, -0.25) is 14.4 Å². The fourth-order valence-electron chi connectivity index (χ4n) is 3.26. The van der Waals surface area contributed by atoms with E-state index in [0.717, 1.165) is 0 Å². The third-order valence-corrected chi connectivity index (χ3v) is 5.23. The van der Waals surface area contributed by atoms with Crippen LogP contribution in [0.5, 0.6) is 0 Å². The van der Waals surface area contributed by atoms with Gasteiger partial charge < -0.3 is 36.2 Å². The molecule has 1 aliphatic rings. The van der Waals surface area contributed by atoms with Gasteiger partial charge in [-0.25, -0.2) is 9.59 Å². The maximum absolute atomic E-state index is 12.8. The van der Waals surface area contributed by atoms with Crippen LogP contribution >= 0.6 is 0 Å². The smallest absolute Gasteiger partial charge is 0.433 e. The molecule has 13 heteroatoms. The van der Waals surface area contributed by atoms with Crippen LogP contribution in [0.2, 0.25) is 0 Å². The molecule has 1 aliphatic heterocycles. The van der Waals surface area contributed by atoms with E-state index in [1.54, 1.807) is 29.2 Å². The molecule has 1 atom stereocenters. The van der Waals surface area contributed by atoms with Gasteiger partial charge in [0.05, 0.1) is 13.0 Å². The van der Waals surface area contributed by atoms with Crippen LogP contribution in [0.3, 0.4) is 0 Å². The molecule has 1 heterocycles. The third kappa shape index (κ3) is 10.3. The number of benzene rings is 1. The average molecular weight is 520 g/mol. The zero-order valence-corrected chi connectivity index (χ0v) is 21.8. The minimum atomic E-state index is -0.710. The predicted octanol–water partition coefficient (Wildman–Crippen LogP) is 0.589. The first kappa shape index (κ1) is 29.4. The number of urea groups is 1. The van der Waals surface area contributed by atoms with Crippen molar-refractivity contribution >= 4 is 35.5 Å². The number of nitrogens with two attached hydrogens (primary N) is 1. The fourth-order valence-corrected chi connectivity index (χ4v) is 3.26. The Morgan fingerprint density at radius 2 is 1.86 bits per heavy atom. The van der Waals surface area contributed by atoms with E-state index in [2.05, 4.69) is 21.1 Å². The molecule has 37 heavy (non-hydrogen) atoms. The van der Waals surface area contributed by atoms with E-state index in [0.29, 0.717) is 43.9 Å². The highest BCUT2D eigenvalue weighted by molar-refractivity contribution is 6.02. The van der Waals surface area contributed by atoms with Crippen LogP contribution < -0.4 is 26.6 Å². The lowest BCUT2D eigenvalue weighted by atomic mass is 10.2. The summed E-state index contributed by atoms with van der Waals surface area (Å²) in [5.41, 5.74) is 7.03. The Morgan fingerprint density at radius 1 is 1.16 bits per heavy atom. The Kier molecular flexibility index (Phi) is 11.6. The minimum Gasteiger partial charge on any atom is -0.465 e. The minimum absolute atomic E-state index is 0.00589. The standard InChI is InChI=1S/C24H37N7O6/c1-16(2)15-36-20(32)9-11-26-23(34)28-19-10-13-31(22(19)33)18-7-5-17(6-8-18)21(25)29-37-24(35)27-12-14-30(3)4/h5-8,16,19H,9-15H2,1-4H3,(H2,25,29)(H,27,35)(H2,26,28,34)/t19-/m0/s1. The van der Waals surface area contributed by atoms with Gasteiger partial charge in [0.25, 0.3) is 0 Å². The summed E-state index contributed by atoms with van der Waals surface area (Å²) in [7, 11) is 3.77. The maximum Gasteiger partial charge on any atom is 0.433 e. The van der Waals surface area contributed by atoms with Crippen LogP contribution in [0.4, 0.5) is 15.3 Å². The number of nitrogens with one attached hydrogen (secondary N) is 3. The Morgan fingerprint density at radius 3 is 2.51 bits per heavy atom. The van der Waals surface area contributed by atoms with Crippen molar-refractivity contribution in [1.82, 2.24) is 20.9 Å². The summed E-state index contributed by atoms with van der Waals surface area (Å²) in [4.78, 5) is 56.4. The van der Waals surface area contributed by atoms with E-state index in [1.807, 2.05) is 32.8 Å². The van der Waals surface area contributed by atoms with Crippen molar-refractivity contribution in [2.24, 2.45) is 16.8 Å². The van der Waals surface area contributed by atoms with Crippen molar-refractivity contribution in [3.05, 3.63) is 29.8 Å². The van der Waals surface area contributed by atoms with E-state index >= 15 is 0 Å². The van der Waals surface area contributed by atoms with Crippen LogP contribution in [-0.4, -0.2) is 87.7 Å². The molecule has 5 N–H and O–H groups in total. The monoisotopic (exact) mass is 519 g/mol. The zero-order chi connectivity index (χ0) is 27.4. The van der Waals surface area contributed by atoms with Gasteiger partial charge in [-0.05, 0) is 50.7 Å². The second-order valence-electron chi connectivity index (χ2n) is 9.19. The number of carbonyl (C=O) groups is 4. The molecule has 0 aliphatic carbocycles. The van der Waals surface area contributed by atoms with E-state index in [9.17, 15) is 19.2 Å². The molecular formula is C24H37N7O6. The Bertz CT molecular complexity index is 965. The quantitative estimate of drug-likeness (QED) is 0.102. The molecule has 1 aromatic rings. The molecule has 0 bridgehead atoms. The van der Waals surface area contributed by atoms with Crippen molar-refractivity contribution in [2.75, 3.05) is 51.8 Å². The summed E-state index contributed by atoms with van der Waals surface area (Å²) in [6.45, 7) is 5.80. The van der Waals surface area contributed by atoms with Gasteiger partial charge in [0.2, 0.25) is 5.91 Å². The largest absolute Gasteiger partial charge is 0.465 e. The molecule has 0 aromatic heterocycles. The number of anilines is 1. The van der Waals surface area contributed by atoms with Gasteiger partial charge in [-0.15, -0.1) is 0 Å². The van der Waals surface area contributed by atoms with Crippen molar-refractivity contribution in [3.8, 4) is 0 Å². The number of hydrogen-bond acceptors (Lipinski definition) is 8. The first-order valence-electron chi connectivity index (χ1n) is 12.1. The summed E-state index contributed by atoms with van der Waals surface area (Å²) >= 11 is 0. The first-order chi connectivity index (χ1) is 17.6. The molecule has 0 unspecified atom stereocenters. The summed E-state index contributed by atoms with van der Waals surface area (Å²) in [6.07, 6.45) is -0.224. The van der Waals surface area contributed by atoms with E-state index in [4.69, 9.17) is 15.3 Å². The van der Waals surface area contributed by atoms with Gasteiger partial charge >= 0.3 is 18.1 Å². The zero-order valence-electron chi connectivity index (χ0n) is 21.8. The number of oxime groups is 1. The average Bonchev–Trinajstić information content (AvgIpc) is 3.20. The number of amides is 4. The highest BCUT2D eigenvalue weighted by Crippen LogP contribution is 2.22. The molecule has 0 radical (unpaired) electrons. The number of ether oxygens (including phenoxy) is 1. The number of likely N-dealkylation sites (N-methyl/N-ethyl adjacent to an activating group) is 1. The Labute approximate surface area is 216 Å². The molecule has 2 rings (SSSR count). The maximum atomic E-state index is 12.8. The predicted molar refractivity (Wildman–Crippen MR) is 138 cm³/mol. The fraction of sp³-hybridized carbons (Fsp3) is 0.542. The Balaban J connectivity index is 1.79. The molecule has 0 spiro atoms. The van der Waals surface area contributed by atoms with Crippen LogP contribution in [0.1, 0.15) is 32.3 Å². The number of nitrogens with zero attached hydrogens (tertiary/aromatic N) is 3. The molecule has 1 fully saturated rings. The van der Waals surface area contributed by atoms with Gasteiger partial charge in [-0.1, -0.05) is 19.0 Å². The number of carbonyl (C=O) groups excluding carboxylic acids is 4. The summed E-state index contributed by atoms with van der Waals surface area (Å²) in [5, 5.41) is 11.4. The number of amidine groups is 1. The number of esters is 1. The van der Waals surface area contributed by atoms with Crippen LogP contribution in [-0.2, 0) is 19.2 Å². The molecule has 4 amide bonds. The molecule has 13 nitrogen and oxygen atoms in total. The third-order valence-electron chi connectivity index (χ3n) is 5.23. The lowest BCUT2D eigenvalue weighted by Gasteiger charge is -2.18. The second-order valence-corrected chi connectivity index (χ2v) is 9.19. The number of rotatable bonds is 12. The second kappa shape index (κ2) is 14.6. The van der Waals surface area contributed by atoms with Crippen molar-refractivity contribution < 1.29 is 28.8 Å². The van der Waals surface area contributed by atoms with Gasteiger partial charge in [0.1, 0.15) is 6.04 Å². The van der Waals surface area contributed by atoms with Gasteiger partial charge in [-0.2, -0.15) is 0 Å². The van der Waals surface area contributed by atoms with Crippen molar-refractivity contribution in [2.45, 2.75) is 32.7 Å². The van der Waals surface area contributed by atoms with Gasteiger partial charge in [0.15, 0.2) is 5.84 Å². The van der Waals surface area contributed by atoms with Crippen LogP contribution in [0.15, 0.2) is 29.4 Å². The van der Waals surface area contributed by atoms with Crippen molar-refractivity contribution in [3.63, 3.8) is 0 Å². The van der Waals surface area contributed by atoms with Crippen molar-refractivity contribution in [1.29, 1.82) is 0 Å².